The molecule has 0 bridgehead atoms. The highest BCUT2D eigenvalue weighted by Gasteiger charge is 1.71. The molecule has 0 heterocycles. The van der Waals surface area contributed by atoms with Crippen molar-refractivity contribution in [2.45, 2.75) is 20.3 Å². The van der Waals surface area contributed by atoms with Gasteiger partial charge in [0.2, 0.25) is 0 Å². The number of hydrogen-bond donors (Lipinski definition) is 0. The van der Waals surface area contributed by atoms with Crippen LogP contribution in [0.2, 0.25) is 0 Å². The van der Waals surface area contributed by atoms with Crippen LogP contribution in [0, 0.1) is 0 Å². The van der Waals surface area contributed by atoms with Gasteiger partial charge in [0.1, 0.15) is 0 Å². The normalized spacial score (nSPS) is 11.4. The summed E-state index contributed by atoms with van der Waals surface area (Å²) in [7, 11) is 0. The van der Waals surface area contributed by atoms with Gasteiger partial charge in [0.15, 0.2) is 0 Å². The molecule has 0 nitrogen and oxygen atoms in total. The van der Waals surface area contributed by atoms with E-state index in [1.165, 1.54) is 5.57 Å². The van der Waals surface area contributed by atoms with Gasteiger partial charge in [-0.25, -0.2) is 0 Å². The predicted molar refractivity (Wildman–Crippen MR) is 34.2 cm³/mol. The van der Waals surface area contributed by atoms with E-state index in [2.05, 4.69) is 26.5 Å². The highest BCUT2D eigenvalue weighted by molar-refractivity contribution is 5.11. The minimum atomic E-state index is 1.11. The lowest BCUT2D eigenvalue weighted by atomic mass is 10.2. The Morgan fingerprint density at radius 3 is 2.43 bits per heavy atom. The third kappa shape index (κ3) is 3.31. The fraction of sp³-hybridized carbons (Fsp3) is 0.429. The Labute approximate surface area is 45.5 Å². The average molecular weight is 96.2 g/mol. The molecule has 0 amide bonds. The first-order chi connectivity index (χ1) is 3.31. The molecule has 0 aliphatic rings. The molecule has 7 heavy (non-hydrogen) atoms. The topological polar surface area (TPSA) is 0 Å². The number of allylic oxidation sites excluding steroid dienone is 3. The van der Waals surface area contributed by atoms with E-state index in [4.69, 9.17) is 0 Å². The molecule has 0 N–H and O–H groups in total. The van der Waals surface area contributed by atoms with Crippen molar-refractivity contribution in [3.05, 3.63) is 24.3 Å². The quantitative estimate of drug-likeness (QED) is 0.463. The third-order valence-electron chi connectivity index (χ3n) is 0.848. The van der Waals surface area contributed by atoms with E-state index in [1.54, 1.807) is 0 Å². The van der Waals surface area contributed by atoms with Crippen LogP contribution < -0.4 is 0 Å². The SMILES string of the molecule is C=CC(C)=CCC. The van der Waals surface area contributed by atoms with Crippen LogP contribution in [0.15, 0.2) is 24.3 Å². The van der Waals surface area contributed by atoms with Crippen molar-refractivity contribution >= 4 is 0 Å². The zero-order valence-electron chi connectivity index (χ0n) is 5.07. The summed E-state index contributed by atoms with van der Waals surface area (Å²) in [5, 5.41) is 0. The Hall–Kier alpha value is -0.520. The molecule has 0 unspecified atom stereocenters. The Morgan fingerprint density at radius 1 is 1.71 bits per heavy atom. The van der Waals surface area contributed by atoms with E-state index in [0.29, 0.717) is 0 Å². The molecule has 0 aliphatic carbocycles. The van der Waals surface area contributed by atoms with Crippen molar-refractivity contribution in [2.24, 2.45) is 0 Å². The molecule has 40 valence electrons. The van der Waals surface area contributed by atoms with Gasteiger partial charge in [-0.1, -0.05) is 31.2 Å². The highest BCUT2D eigenvalue weighted by atomic mass is 13.8. The van der Waals surface area contributed by atoms with E-state index >= 15 is 0 Å². The first-order valence-corrected chi connectivity index (χ1v) is 2.60. The molecule has 0 aromatic heterocycles. The first-order valence-electron chi connectivity index (χ1n) is 2.60. The molecule has 0 saturated carbocycles. The predicted octanol–water partition coefficient (Wildman–Crippen LogP) is 2.53. The molecule has 0 spiro atoms. The summed E-state index contributed by atoms with van der Waals surface area (Å²) < 4.78 is 0. The maximum absolute atomic E-state index is 3.61. The van der Waals surface area contributed by atoms with E-state index in [0.717, 1.165) is 6.42 Å². The summed E-state index contributed by atoms with van der Waals surface area (Å²) in [6, 6.07) is 0. The van der Waals surface area contributed by atoms with E-state index in [9.17, 15) is 0 Å². The van der Waals surface area contributed by atoms with Gasteiger partial charge in [0, 0.05) is 0 Å². The smallest absolute Gasteiger partial charge is 0.0374 e. The van der Waals surface area contributed by atoms with Gasteiger partial charge in [-0.15, -0.1) is 0 Å². The number of hydrogen-bond acceptors (Lipinski definition) is 0. The minimum Gasteiger partial charge on any atom is -0.0988 e. The molecule has 0 aliphatic heterocycles. The second-order valence-electron chi connectivity index (χ2n) is 1.56. The van der Waals surface area contributed by atoms with Crippen LogP contribution >= 0.6 is 0 Å². The molecule has 0 fully saturated rings. The standard InChI is InChI=1S/C7H12/c1-4-6-7(3)5-2/h5-6H,2,4H2,1,3H3. The lowest BCUT2D eigenvalue weighted by molar-refractivity contribution is 1.20. The highest BCUT2D eigenvalue weighted by Crippen LogP contribution is 1.92. The van der Waals surface area contributed by atoms with Crippen molar-refractivity contribution < 1.29 is 0 Å². The van der Waals surface area contributed by atoms with Crippen LogP contribution in [0.4, 0.5) is 0 Å². The molecular formula is C7H12. The van der Waals surface area contributed by atoms with Gasteiger partial charge in [-0.05, 0) is 13.3 Å². The number of rotatable bonds is 2. The van der Waals surface area contributed by atoms with Crippen LogP contribution in [0.3, 0.4) is 0 Å². The fourth-order valence-corrected chi connectivity index (χ4v) is 0.405. The van der Waals surface area contributed by atoms with Crippen molar-refractivity contribution in [1.82, 2.24) is 0 Å². The van der Waals surface area contributed by atoms with E-state index < -0.39 is 0 Å². The van der Waals surface area contributed by atoms with E-state index in [-0.39, 0.29) is 0 Å². The Morgan fingerprint density at radius 2 is 2.29 bits per heavy atom. The monoisotopic (exact) mass is 96.1 g/mol. The lowest BCUT2D eigenvalue weighted by Crippen LogP contribution is -1.62. The summed E-state index contributed by atoms with van der Waals surface area (Å²) in [5.41, 5.74) is 1.27. The minimum absolute atomic E-state index is 1.11. The third-order valence-corrected chi connectivity index (χ3v) is 0.848. The summed E-state index contributed by atoms with van der Waals surface area (Å²) >= 11 is 0. The zero-order valence-corrected chi connectivity index (χ0v) is 5.07. The van der Waals surface area contributed by atoms with E-state index in [1.807, 2.05) is 6.08 Å². The van der Waals surface area contributed by atoms with Gasteiger partial charge in [0.05, 0.1) is 0 Å². The largest absolute Gasteiger partial charge is 0.0988 e. The summed E-state index contributed by atoms with van der Waals surface area (Å²) in [4.78, 5) is 0. The van der Waals surface area contributed by atoms with Crippen molar-refractivity contribution in [2.75, 3.05) is 0 Å². The maximum Gasteiger partial charge on any atom is -0.0374 e. The second-order valence-corrected chi connectivity index (χ2v) is 1.56. The van der Waals surface area contributed by atoms with Gasteiger partial charge in [-0.3, -0.25) is 0 Å². The Kier molecular flexibility index (Phi) is 3.39. The molecular weight excluding hydrogens is 84.1 g/mol. The van der Waals surface area contributed by atoms with Crippen molar-refractivity contribution in [3.8, 4) is 0 Å². The van der Waals surface area contributed by atoms with Crippen LogP contribution in [-0.2, 0) is 0 Å². The Balaban J connectivity index is 3.49. The van der Waals surface area contributed by atoms with Gasteiger partial charge >= 0.3 is 0 Å². The van der Waals surface area contributed by atoms with Crippen LogP contribution in [0.25, 0.3) is 0 Å². The van der Waals surface area contributed by atoms with Crippen molar-refractivity contribution in [3.63, 3.8) is 0 Å². The fourth-order valence-electron chi connectivity index (χ4n) is 0.405. The van der Waals surface area contributed by atoms with Crippen LogP contribution in [0.5, 0.6) is 0 Å². The van der Waals surface area contributed by atoms with Crippen LogP contribution in [0.1, 0.15) is 20.3 Å². The molecule has 0 aromatic carbocycles. The molecule has 0 saturated heterocycles. The summed E-state index contributed by atoms with van der Waals surface area (Å²) in [6.45, 7) is 7.78. The average Bonchev–Trinajstić information content (AvgIpc) is 1.68. The molecule has 0 radical (unpaired) electrons. The molecule has 0 aromatic rings. The molecule has 0 atom stereocenters. The van der Waals surface area contributed by atoms with Crippen molar-refractivity contribution in [1.29, 1.82) is 0 Å². The molecule has 0 heteroatoms. The first kappa shape index (κ1) is 6.48. The van der Waals surface area contributed by atoms with Gasteiger partial charge in [0.25, 0.3) is 0 Å². The summed E-state index contributed by atoms with van der Waals surface area (Å²) in [5.74, 6) is 0. The molecule has 0 rings (SSSR count). The second kappa shape index (κ2) is 3.66. The maximum atomic E-state index is 3.61. The summed E-state index contributed by atoms with van der Waals surface area (Å²) in [6.07, 6.45) is 5.12. The van der Waals surface area contributed by atoms with Gasteiger partial charge < -0.3 is 0 Å². The Bertz CT molecular complexity index is 78.0. The zero-order chi connectivity index (χ0) is 5.70. The lowest BCUT2D eigenvalue weighted by Gasteiger charge is -1.83. The van der Waals surface area contributed by atoms with Gasteiger partial charge in [-0.2, -0.15) is 0 Å². The van der Waals surface area contributed by atoms with Crippen LogP contribution in [-0.4, -0.2) is 0 Å².